The Hall–Kier alpha value is -1.17. The summed E-state index contributed by atoms with van der Waals surface area (Å²) in [5.41, 5.74) is 0.718. The lowest BCUT2D eigenvalue weighted by Crippen LogP contribution is -2.35. The number of hydrogen-bond donors (Lipinski definition) is 0. The molecule has 0 saturated carbocycles. The Morgan fingerprint density at radius 1 is 1.30 bits per heavy atom. The molecule has 1 aromatic carbocycles. The summed E-state index contributed by atoms with van der Waals surface area (Å²) in [5, 5.41) is 2.94. The molecule has 0 atom stereocenters. The van der Waals surface area contributed by atoms with Crippen LogP contribution in [-0.4, -0.2) is 34.5 Å². The minimum Gasteiger partial charge on any atom is -0.460 e. The van der Waals surface area contributed by atoms with Gasteiger partial charge in [-0.25, -0.2) is 0 Å². The number of nitrogens with zero attached hydrogens (tertiary/aromatic N) is 2. The van der Waals surface area contributed by atoms with Crippen LogP contribution in [0.1, 0.15) is 45.6 Å². The number of esters is 1. The Kier molecular flexibility index (Phi) is 6.44. The largest absolute Gasteiger partial charge is 0.460 e. The molecule has 0 N–H and O–H groups in total. The van der Waals surface area contributed by atoms with Gasteiger partial charge in [0.2, 0.25) is 0 Å². The van der Waals surface area contributed by atoms with Gasteiger partial charge in [-0.3, -0.25) is 14.7 Å². The zero-order chi connectivity index (χ0) is 19.6. The van der Waals surface area contributed by atoms with Crippen LogP contribution >= 0.6 is 27.5 Å². The summed E-state index contributed by atoms with van der Waals surface area (Å²) < 4.78 is 6.43. The number of aromatic nitrogens is 1. The minimum atomic E-state index is -0.408. The molecular weight excluding hydrogens is 428 g/mol. The van der Waals surface area contributed by atoms with Crippen LogP contribution in [-0.2, 0) is 16.1 Å². The Morgan fingerprint density at radius 3 is 2.67 bits per heavy atom. The summed E-state index contributed by atoms with van der Waals surface area (Å²) in [7, 11) is 0. The first-order chi connectivity index (χ1) is 12.7. The number of carbonyl (C=O) groups excluding carboxylic acids is 1. The molecule has 4 nitrogen and oxygen atoms in total. The van der Waals surface area contributed by atoms with E-state index in [0.29, 0.717) is 12.3 Å². The number of rotatable bonds is 4. The van der Waals surface area contributed by atoms with E-state index in [0.717, 1.165) is 58.3 Å². The molecule has 0 radical (unpaired) electrons. The fraction of sp³-hybridized carbons (Fsp3) is 0.524. The third-order valence-corrected chi connectivity index (χ3v) is 5.84. The molecule has 1 aromatic heterocycles. The number of fused-ring (bicyclic) bond motifs is 1. The molecular formula is C21H26BrClN2O2. The molecule has 0 spiro atoms. The maximum atomic E-state index is 12.0. The van der Waals surface area contributed by atoms with Gasteiger partial charge in [-0.15, -0.1) is 0 Å². The van der Waals surface area contributed by atoms with Gasteiger partial charge in [0.1, 0.15) is 5.60 Å². The van der Waals surface area contributed by atoms with Gasteiger partial charge in [0, 0.05) is 40.2 Å². The smallest absolute Gasteiger partial charge is 0.306 e. The van der Waals surface area contributed by atoms with E-state index in [1.807, 2.05) is 39.2 Å². The summed E-state index contributed by atoms with van der Waals surface area (Å²) in [4.78, 5) is 18.6. The van der Waals surface area contributed by atoms with Crippen molar-refractivity contribution < 1.29 is 9.53 Å². The van der Waals surface area contributed by atoms with Crippen LogP contribution in [0.2, 0.25) is 5.02 Å². The molecule has 1 aliphatic heterocycles. The Bertz CT molecular complexity index is 827. The van der Waals surface area contributed by atoms with E-state index in [1.165, 1.54) is 0 Å². The molecule has 1 aliphatic rings. The second-order valence-electron chi connectivity index (χ2n) is 8.30. The normalized spacial score (nSPS) is 16.6. The highest BCUT2D eigenvalue weighted by Crippen LogP contribution is 2.30. The summed E-state index contributed by atoms with van der Waals surface area (Å²) in [5.74, 6) is 0.320. The van der Waals surface area contributed by atoms with E-state index in [4.69, 9.17) is 16.3 Å². The lowest BCUT2D eigenvalue weighted by atomic mass is 9.93. The van der Waals surface area contributed by atoms with Crippen molar-refractivity contribution in [1.29, 1.82) is 0 Å². The molecule has 0 unspecified atom stereocenters. The van der Waals surface area contributed by atoms with Crippen molar-refractivity contribution in [2.75, 3.05) is 13.1 Å². The van der Waals surface area contributed by atoms with Gasteiger partial charge in [0.25, 0.3) is 0 Å². The standard InChI is InChI=1S/C21H26BrClN2O2/c1-21(2,3)27-20(26)8-14-4-6-25(7-5-14)13-16-9-17-15(10-19(16)23)11-24-12-18(17)22/h9-12,14H,4-8,13H2,1-3H3. The van der Waals surface area contributed by atoms with E-state index >= 15 is 0 Å². The zero-order valence-corrected chi connectivity index (χ0v) is 18.4. The molecule has 1 fully saturated rings. The topological polar surface area (TPSA) is 42.4 Å². The molecule has 2 heterocycles. The highest BCUT2D eigenvalue weighted by molar-refractivity contribution is 9.10. The van der Waals surface area contributed by atoms with Gasteiger partial charge < -0.3 is 4.74 Å². The van der Waals surface area contributed by atoms with Gasteiger partial charge in [0.05, 0.1) is 0 Å². The van der Waals surface area contributed by atoms with Crippen molar-refractivity contribution in [3.8, 4) is 0 Å². The fourth-order valence-corrected chi connectivity index (χ4v) is 4.22. The van der Waals surface area contributed by atoms with Crippen molar-refractivity contribution in [3.05, 3.63) is 39.6 Å². The van der Waals surface area contributed by atoms with Gasteiger partial charge in [-0.1, -0.05) is 11.6 Å². The first-order valence-electron chi connectivity index (χ1n) is 9.37. The molecule has 0 bridgehead atoms. The number of piperidine rings is 1. The van der Waals surface area contributed by atoms with Gasteiger partial charge in [-0.2, -0.15) is 0 Å². The van der Waals surface area contributed by atoms with E-state index < -0.39 is 5.60 Å². The van der Waals surface area contributed by atoms with Crippen LogP contribution in [0.4, 0.5) is 0 Å². The summed E-state index contributed by atoms with van der Waals surface area (Å²) in [6.45, 7) is 8.50. The predicted molar refractivity (Wildman–Crippen MR) is 113 cm³/mol. The first-order valence-corrected chi connectivity index (χ1v) is 10.5. The van der Waals surface area contributed by atoms with Crippen LogP contribution in [0.15, 0.2) is 29.0 Å². The summed E-state index contributed by atoms with van der Waals surface area (Å²) in [6.07, 6.45) is 6.18. The van der Waals surface area contributed by atoms with Crippen LogP contribution < -0.4 is 0 Å². The number of pyridine rings is 1. The maximum Gasteiger partial charge on any atom is 0.306 e. The molecule has 3 rings (SSSR count). The Morgan fingerprint density at radius 2 is 2.00 bits per heavy atom. The number of benzene rings is 1. The van der Waals surface area contributed by atoms with Crippen molar-refractivity contribution in [1.82, 2.24) is 9.88 Å². The predicted octanol–water partition coefficient (Wildman–Crippen LogP) is 5.59. The van der Waals surface area contributed by atoms with Gasteiger partial charge >= 0.3 is 5.97 Å². The average molecular weight is 454 g/mol. The lowest BCUT2D eigenvalue weighted by molar-refractivity contribution is -0.156. The Balaban J connectivity index is 1.58. The number of ether oxygens (including phenoxy) is 1. The maximum absolute atomic E-state index is 12.0. The molecule has 146 valence electrons. The van der Waals surface area contributed by atoms with Crippen molar-refractivity contribution in [3.63, 3.8) is 0 Å². The Labute approximate surface area is 174 Å². The first kappa shape index (κ1) is 20.6. The molecule has 6 heteroatoms. The van der Waals surface area contributed by atoms with Gasteiger partial charge in [-0.05, 0) is 91.6 Å². The minimum absolute atomic E-state index is 0.0861. The molecule has 2 aromatic rings. The fourth-order valence-electron chi connectivity index (χ4n) is 3.53. The van der Waals surface area contributed by atoms with Crippen LogP contribution in [0.25, 0.3) is 10.8 Å². The quantitative estimate of drug-likeness (QED) is 0.566. The highest BCUT2D eigenvalue weighted by atomic mass is 79.9. The number of likely N-dealkylation sites (tertiary alicyclic amines) is 1. The molecule has 27 heavy (non-hydrogen) atoms. The monoisotopic (exact) mass is 452 g/mol. The zero-order valence-electron chi connectivity index (χ0n) is 16.1. The number of halogens is 2. The second kappa shape index (κ2) is 8.46. The van der Waals surface area contributed by atoms with E-state index in [2.05, 4.69) is 31.9 Å². The van der Waals surface area contributed by atoms with Crippen molar-refractivity contribution in [2.45, 2.75) is 52.2 Å². The van der Waals surface area contributed by atoms with E-state index in [-0.39, 0.29) is 5.97 Å². The third kappa shape index (κ3) is 5.66. The SMILES string of the molecule is CC(C)(C)OC(=O)CC1CCN(Cc2cc3c(Br)cncc3cc2Cl)CC1. The third-order valence-electron chi connectivity index (χ3n) is 4.85. The van der Waals surface area contributed by atoms with Crippen LogP contribution in [0.5, 0.6) is 0 Å². The van der Waals surface area contributed by atoms with E-state index in [1.54, 1.807) is 0 Å². The second-order valence-corrected chi connectivity index (χ2v) is 9.56. The van der Waals surface area contributed by atoms with Gasteiger partial charge in [0.15, 0.2) is 0 Å². The highest BCUT2D eigenvalue weighted by Gasteiger charge is 2.25. The number of hydrogen-bond acceptors (Lipinski definition) is 4. The van der Waals surface area contributed by atoms with Crippen molar-refractivity contribution in [2.24, 2.45) is 5.92 Å². The molecule has 0 amide bonds. The lowest BCUT2D eigenvalue weighted by Gasteiger charge is -2.32. The van der Waals surface area contributed by atoms with Crippen molar-refractivity contribution >= 4 is 44.3 Å². The number of carbonyl (C=O) groups is 1. The molecule has 0 aliphatic carbocycles. The van der Waals surface area contributed by atoms with E-state index in [9.17, 15) is 4.79 Å². The molecule has 1 saturated heterocycles. The summed E-state index contributed by atoms with van der Waals surface area (Å²) >= 11 is 10.1. The van der Waals surface area contributed by atoms with Crippen LogP contribution in [0, 0.1) is 5.92 Å². The average Bonchev–Trinajstić information content (AvgIpc) is 2.56. The summed E-state index contributed by atoms with van der Waals surface area (Å²) in [6, 6.07) is 4.13. The van der Waals surface area contributed by atoms with Crippen LogP contribution in [0.3, 0.4) is 0 Å².